The Bertz CT molecular complexity index is 1510. The summed E-state index contributed by atoms with van der Waals surface area (Å²) >= 11 is 0. The molecule has 1 saturated heterocycles. The van der Waals surface area contributed by atoms with Crippen LogP contribution in [-0.4, -0.2) is 73.2 Å². The number of aromatic nitrogens is 5. The highest BCUT2D eigenvalue weighted by atomic mass is 19.1. The van der Waals surface area contributed by atoms with Crippen LogP contribution in [0.2, 0.25) is 0 Å². The van der Waals surface area contributed by atoms with Gasteiger partial charge in [-0.3, -0.25) is 9.69 Å². The van der Waals surface area contributed by atoms with Crippen LogP contribution in [0.1, 0.15) is 43.4 Å². The zero-order valence-electron chi connectivity index (χ0n) is 22.9. The number of rotatable bonds is 6. The van der Waals surface area contributed by atoms with Gasteiger partial charge in [0.2, 0.25) is 5.91 Å². The number of benzene rings is 1. The molecule has 10 heteroatoms. The summed E-state index contributed by atoms with van der Waals surface area (Å²) < 4.78 is 17.6. The van der Waals surface area contributed by atoms with Crippen molar-refractivity contribution >= 4 is 17.2 Å². The van der Waals surface area contributed by atoms with Crippen molar-refractivity contribution in [2.45, 2.75) is 58.2 Å². The Labute approximate surface area is 227 Å². The first-order chi connectivity index (χ1) is 18.7. The predicted molar refractivity (Wildman–Crippen MR) is 147 cm³/mol. The van der Waals surface area contributed by atoms with E-state index in [0.29, 0.717) is 25.6 Å². The van der Waals surface area contributed by atoms with Crippen molar-refractivity contribution in [2.75, 3.05) is 31.1 Å². The zero-order chi connectivity index (χ0) is 27.3. The van der Waals surface area contributed by atoms with Gasteiger partial charge in [-0.15, -0.1) is 0 Å². The number of amides is 1. The van der Waals surface area contributed by atoms with Crippen LogP contribution in [0.3, 0.4) is 0 Å². The number of piperazine rings is 1. The van der Waals surface area contributed by atoms with Crippen LogP contribution >= 0.6 is 0 Å². The summed E-state index contributed by atoms with van der Waals surface area (Å²) in [5, 5.41) is 8.14. The molecule has 2 atom stereocenters. The fraction of sp³-hybridized carbons (Fsp3) is 0.448. The van der Waals surface area contributed by atoms with Crippen molar-refractivity contribution < 1.29 is 9.18 Å². The maximum Gasteiger partial charge on any atom is 0.241 e. The van der Waals surface area contributed by atoms with Crippen LogP contribution in [0.25, 0.3) is 5.65 Å². The first-order valence-corrected chi connectivity index (χ1v) is 13.6. The SMILES string of the molecule is Cc1nccn1C[C@H]1CN[C@H](C)CN1CC(=O)N1CC(C)(C)c2c1cc(Cc1ccc(F)cc1)c1ncnn21. The largest absolute Gasteiger partial charge is 0.334 e. The van der Waals surface area contributed by atoms with Crippen LogP contribution in [0.15, 0.2) is 49.1 Å². The van der Waals surface area contributed by atoms with Crippen LogP contribution in [0, 0.1) is 12.7 Å². The van der Waals surface area contributed by atoms with Crippen molar-refractivity contribution in [2.24, 2.45) is 0 Å². The second-order valence-corrected chi connectivity index (χ2v) is 11.6. The van der Waals surface area contributed by atoms with Crippen LogP contribution in [0.4, 0.5) is 10.1 Å². The Kier molecular flexibility index (Phi) is 6.47. The first kappa shape index (κ1) is 25.6. The van der Waals surface area contributed by atoms with Crippen molar-refractivity contribution in [3.05, 3.63) is 77.5 Å². The molecule has 0 saturated carbocycles. The highest BCUT2D eigenvalue weighted by Crippen LogP contribution is 2.42. The lowest BCUT2D eigenvalue weighted by molar-refractivity contribution is -0.120. The molecule has 204 valence electrons. The lowest BCUT2D eigenvalue weighted by Gasteiger charge is -2.40. The average molecular weight is 531 g/mol. The maximum atomic E-state index is 14.0. The number of pyridine rings is 1. The predicted octanol–water partition coefficient (Wildman–Crippen LogP) is 2.95. The van der Waals surface area contributed by atoms with Gasteiger partial charge < -0.3 is 14.8 Å². The van der Waals surface area contributed by atoms with E-state index in [2.05, 4.69) is 56.7 Å². The Morgan fingerprint density at radius 1 is 1.21 bits per heavy atom. The number of carbonyl (C=O) groups excluding carboxylic acids is 1. The number of aryl methyl sites for hydroxylation is 1. The molecule has 1 aromatic carbocycles. The van der Waals surface area contributed by atoms with Crippen molar-refractivity contribution in [1.82, 2.24) is 34.4 Å². The van der Waals surface area contributed by atoms with Gasteiger partial charge in [0.1, 0.15) is 18.0 Å². The van der Waals surface area contributed by atoms with E-state index in [9.17, 15) is 9.18 Å². The number of anilines is 1. The molecular formula is C29H35FN8O. The lowest BCUT2D eigenvalue weighted by Crippen LogP contribution is -2.59. The van der Waals surface area contributed by atoms with Gasteiger partial charge in [-0.05, 0) is 37.6 Å². The zero-order valence-corrected chi connectivity index (χ0v) is 22.9. The smallest absolute Gasteiger partial charge is 0.241 e. The van der Waals surface area contributed by atoms with Crippen molar-refractivity contribution in [3.8, 4) is 0 Å². The Hall–Kier alpha value is -3.63. The molecular weight excluding hydrogens is 495 g/mol. The molecule has 2 aliphatic heterocycles. The summed E-state index contributed by atoms with van der Waals surface area (Å²) in [5.41, 5.74) is 4.28. The van der Waals surface area contributed by atoms with E-state index >= 15 is 0 Å². The number of fused-ring (bicyclic) bond motifs is 3. The summed E-state index contributed by atoms with van der Waals surface area (Å²) in [6.07, 6.45) is 5.95. The van der Waals surface area contributed by atoms with E-state index in [0.717, 1.165) is 53.6 Å². The Morgan fingerprint density at radius 3 is 2.74 bits per heavy atom. The molecule has 1 fully saturated rings. The Balaban J connectivity index is 1.31. The molecule has 0 unspecified atom stereocenters. The van der Waals surface area contributed by atoms with Gasteiger partial charge in [-0.2, -0.15) is 5.10 Å². The molecule has 39 heavy (non-hydrogen) atoms. The Morgan fingerprint density at radius 2 is 2.00 bits per heavy atom. The third kappa shape index (κ3) is 4.83. The van der Waals surface area contributed by atoms with Gasteiger partial charge >= 0.3 is 0 Å². The van der Waals surface area contributed by atoms with Crippen LogP contribution < -0.4 is 10.2 Å². The number of carbonyl (C=O) groups is 1. The number of hydrogen-bond donors (Lipinski definition) is 1. The minimum absolute atomic E-state index is 0.0791. The first-order valence-electron chi connectivity index (χ1n) is 13.6. The minimum Gasteiger partial charge on any atom is -0.334 e. The summed E-state index contributed by atoms with van der Waals surface area (Å²) in [6, 6.07) is 9.09. The molecule has 0 spiro atoms. The number of halogens is 1. The molecule has 2 aliphatic rings. The molecule has 0 aliphatic carbocycles. The fourth-order valence-electron chi connectivity index (χ4n) is 6.09. The summed E-state index contributed by atoms with van der Waals surface area (Å²) in [7, 11) is 0. The van der Waals surface area contributed by atoms with Gasteiger partial charge in [0.15, 0.2) is 5.65 Å². The van der Waals surface area contributed by atoms with Crippen LogP contribution in [-0.2, 0) is 23.2 Å². The second kappa shape index (κ2) is 9.84. The molecule has 4 aromatic rings. The van der Waals surface area contributed by atoms with E-state index < -0.39 is 0 Å². The van der Waals surface area contributed by atoms with Gasteiger partial charge in [-0.1, -0.05) is 26.0 Å². The monoisotopic (exact) mass is 530 g/mol. The fourth-order valence-corrected chi connectivity index (χ4v) is 6.09. The summed E-state index contributed by atoms with van der Waals surface area (Å²) in [4.78, 5) is 27.2. The number of imidazole rings is 1. The maximum absolute atomic E-state index is 14.0. The van der Waals surface area contributed by atoms with Crippen molar-refractivity contribution in [3.63, 3.8) is 0 Å². The average Bonchev–Trinajstić information content (AvgIpc) is 3.60. The van der Waals surface area contributed by atoms with Crippen LogP contribution in [0.5, 0.6) is 0 Å². The highest BCUT2D eigenvalue weighted by molar-refractivity contribution is 5.97. The molecule has 0 bridgehead atoms. The molecule has 0 radical (unpaired) electrons. The van der Waals surface area contributed by atoms with Gasteiger partial charge in [0.25, 0.3) is 0 Å². The van der Waals surface area contributed by atoms with E-state index in [1.54, 1.807) is 18.5 Å². The van der Waals surface area contributed by atoms with E-state index in [4.69, 9.17) is 0 Å². The molecule has 1 amide bonds. The third-order valence-electron chi connectivity index (χ3n) is 8.09. The third-order valence-corrected chi connectivity index (χ3v) is 8.09. The van der Waals surface area contributed by atoms with Gasteiger partial charge in [0.05, 0.1) is 17.9 Å². The lowest BCUT2D eigenvalue weighted by atomic mass is 9.90. The van der Waals surface area contributed by atoms with Gasteiger partial charge in [0, 0.05) is 68.1 Å². The van der Waals surface area contributed by atoms with E-state index in [1.807, 2.05) is 28.7 Å². The number of nitrogens with one attached hydrogen (secondary N) is 1. The van der Waals surface area contributed by atoms with Gasteiger partial charge in [-0.25, -0.2) is 18.9 Å². The van der Waals surface area contributed by atoms with E-state index in [1.165, 1.54) is 12.1 Å². The molecule has 9 nitrogen and oxygen atoms in total. The summed E-state index contributed by atoms with van der Waals surface area (Å²) in [6.45, 7) is 11.8. The molecule has 3 aromatic heterocycles. The highest BCUT2D eigenvalue weighted by Gasteiger charge is 2.42. The quantitative estimate of drug-likeness (QED) is 0.413. The number of hydrogen-bond acceptors (Lipinski definition) is 6. The number of nitrogens with zero attached hydrogens (tertiary/aromatic N) is 7. The normalized spacial score (nSPS) is 21.0. The molecule has 5 heterocycles. The standard InChI is InChI=1S/C29H35FN8O/c1-19-14-36(24(13-32-19)15-35-10-9-31-20(35)2)16-26(39)37-17-29(3,4)27-25(37)12-22(28-33-18-34-38(27)28)11-21-5-7-23(30)8-6-21/h5-10,12,18-19,24,32H,11,13-17H2,1-4H3/t19-,24-/m1/s1. The molecule has 6 rings (SSSR count). The molecule has 1 N–H and O–H groups in total. The minimum atomic E-state index is -0.296. The van der Waals surface area contributed by atoms with E-state index in [-0.39, 0.29) is 23.2 Å². The summed E-state index contributed by atoms with van der Waals surface area (Å²) in [5.74, 6) is 0.790. The second-order valence-electron chi connectivity index (χ2n) is 11.6. The topological polar surface area (TPSA) is 83.6 Å². The van der Waals surface area contributed by atoms with Crippen molar-refractivity contribution in [1.29, 1.82) is 0 Å².